The summed E-state index contributed by atoms with van der Waals surface area (Å²) in [5, 5.41) is 9.71. The fourth-order valence-electron chi connectivity index (χ4n) is 2.85. The lowest BCUT2D eigenvalue weighted by atomic mass is 9.87. The smallest absolute Gasteiger partial charge is 0.387 e. The van der Waals surface area contributed by atoms with E-state index in [4.69, 9.17) is 4.74 Å². The number of rotatable bonds is 9. The highest BCUT2D eigenvalue weighted by atomic mass is 32.1. The first-order valence-electron chi connectivity index (χ1n) is 10.1. The van der Waals surface area contributed by atoms with Crippen molar-refractivity contribution >= 4 is 28.8 Å². The number of ketones is 1. The maximum Gasteiger partial charge on any atom is 0.387 e. The molecule has 1 aromatic carbocycles. The number of hydrogen-bond donors (Lipinski definition) is 0. The summed E-state index contributed by atoms with van der Waals surface area (Å²) >= 11 is 1.06. The Bertz CT molecular complexity index is 1150. The molecule has 32 heavy (non-hydrogen) atoms. The molecule has 1 aromatic heterocycles. The lowest BCUT2D eigenvalue weighted by Gasteiger charge is -2.15. The van der Waals surface area contributed by atoms with E-state index < -0.39 is 12.0 Å². The highest BCUT2D eigenvalue weighted by Crippen LogP contribution is 2.19. The Labute approximate surface area is 189 Å². The molecule has 0 saturated carbocycles. The number of alkyl halides is 2. The first-order valence-corrected chi connectivity index (χ1v) is 10.9. The summed E-state index contributed by atoms with van der Waals surface area (Å²) in [7, 11) is 0. The molecule has 172 valence electrons. The number of aromatic nitrogens is 1. The number of nitrogens with zero attached hydrogens (tertiary/aromatic N) is 2. The second kappa shape index (κ2) is 11.2. The van der Waals surface area contributed by atoms with Gasteiger partial charge in [0.05, 0.1) is 4.53 Å². The van der Waals surface area contributed by atoms with Crippen LogP contribution in [0.25, 0.3) is 11.6 Å². The monoisotopic (exact) mass is 464 g/mol. The maximum atomic E-state index is 13.1. The third kappa shape index (κ3) is 6.58. The van der Waals surface area contributed by atoms with E-state index in [0.717, 1.165) is 11.3 Å². The zero-order chi connectivity index (χ0) is 23.9. The topological polar surface area (TPSA) is 81.3 Å². The number of thiazole rings is 1. The Hall–Kier alpha value is -2.83. The van der Waals surface area contributed by atoms with E-state index in [9.17, 15) is 23.6 Å². The van der Waals surface area contributed by atoms with Gasteiger partial charge in [0, 0.05) is 25.2 Å². The molecule has 0 atom stereocenters. The minimum Gasteiger partial charge on any atom is -0.435 e. The summed E-state index contributed by atoms with van der Waals surface area (Å²) in [5.41, 5.74) is -0.579. The van der Waals surface area contributed by atoms with Crippen LogP contribution >= 0.6 is 11.3 Å². The van der Waals surface area contributed by atoms with Crippen LogP contribution in [0.3, 0.4) is 0 Å². The quantitative estimate of drug-likeness (QED) is 0.533. The minimum atomic E-state index is -2.92. The summed E-state index contributed by atoms with van der Waals surface area (Å²) in [5.74, 6) is -0.340. The van der Waals surface area contributed by atoms with Crippen LogP contribution in [-0.4, -0.2) is 30.2 Å². The molecule has 0 amide bonds. The van der Waals surface area contributed by atoms with Gasteiger partial charge in [-0.15, -0.1) is 11.3 Å². The Morgan fingerprint density at radius 3 is 2.47 bits per heavy atom. The van der Waals surface area contributed by atoms with Crippen LogP contribution in [-0.2, 0) is 16.1 Å². The number of nitriles is 1. The van der Waals surface area contributed by atoms with Crippen LogP contribution < -0.4 is 19.5 Å². The normalized spacial score (nSPS) is 13.2. The molecule has 9 heteroatoms. The number of ether oxygens (including phenoxy) is 2. The lowest BCUT2D eigenvalue weighted by molar-refractivity contribution is -0.120. The van der Waals surface area contributed by atoms with Crippen molar-refractivity contribution in [3.05, 3.63) is 49.4 Å². The van der Waals surface area contributed by atoms with Gasteiger partial charge in [-0.25, -0.2) is 0 Å². The molecule has 6 nitrogen and oxygen atoms in total. The van der Waals surface area contributed by atoms with Crippen LogP contribution in [0.15, 0.2) is 29.1 Å². The van der Waals surface area contributed by atoms with Gasteiger partial charge in [0.1, 0.15) is 22.1 Å². The van der Waals surface area contributed by atoms with Gasteiger partial charge in [0.25, 0.3) is 5.56 Å². The second-order valence-electron chi connectivity index (χ2n) is 7.94. The predicted octanol–water partition coefficient (Wildman–Crippen LogP) is 3.06. The van der Waals surface area contributed by atoms with Crippen molar-refractivity contribution in [1.29, 1.82) is 5.26 Å². The molecular weight excluding hydrogens is 438 g/mol. The molecule has 0 bridgehead atoms. The van der Waals surface area contributed by atoms with Crippen molar-refractivity contribution in [1.82, 2.24) is 4.57 Å². The van der Waals surface area contributed by atoms with Gasteiger partial charge in [0.15, 0.2) is 5.78 Å². The Morgan fingerprint density at radius 1 is 1.28 bits per heavy atom. The standard InChI is InChI=1S/C23H26F2N2O4S/c1-5-30-12-6-11-27-20(29)18(13-15-7-9-16(10-8-15)31-22(24)25)32-21(27)17(14-26)19(28)23(2,3)4/h7-10,13,22H,5-6,11-12H2,1-4H3/b18-13-,21-17+. The van der Waals surface area contributed by atoms with Gasteiger partial charge in [-0.05, 0) is 37.1 Å². The van der Waals surface area contributed by atoms with E-state index in [-0.39, 0.29) is 22.7 Å². The second-order valence-corrected chi connectivity index (χ2v) is 8.97. The molecule has 0 N–H and O–H groups in total. The zero-order valence-corrected chi connectivity index (χ0v) is 19.3. The molecule has 0 saturated heterocycles. The van der Waals surface area contributed by atoms with Gasteiger partial charge in [-0.1, -0.05) is 32.9 Å². The molecule has 0 fully saturated rings. The summed E-state index contributed by atoms with van der Waals surface area (Å²) in [4.78, 5) is 26.0. The van der Waals surface area contributed by atoms with E-state index in [1.807, 2.05) is 13.0 Å². The number of benzene rings is 1. The molecular formula is C23H26F2N2O4S. The van der Waals surface area contributed by atoms with Crippen molar-refractivity contribution in [2.75, 3.05) is 13.2 Å². The number of carbonyl (C=O) groups excluding carboxylic acids is 1. The van der Waals surface area contributed by atoms with Crippen molar-refractivity contribution < 1.29 is 23.0 Å². The van der Waals surface area contributed by atoms with Crippen LogP contribution in [0.5, 0.6) is 5.75 Å². The molecule has 0 aliphatic heterocycles. The van der Waals surface area contributed by atoms with Crippen LogP contribution in [0.1, 0.15) is 39.7 Å². The summed E-state index contributed by atoms with van der Waals surface area (Å²) in [6.45, 7) is 5.38. The number of hydrogen-bond acceptors (Lipinski definition) is 6. The van der Waals surface area contributed by atoms with Crippen molar-refractivity contribution in [3.8, 4) is 11.8 Å². The zero-order valence-electron chi connectivity index (χ0n) is 18.5. The van der Waals surface area contributed by atoms with Crippen molar-refractivity contribution in [3.63, 3.8) is 0 Å². The first-order chi connectivity index (χ1) is 15.1. The van der Waals surface area contributed by atoms with Gasteiger partial charge in [-0.2, -0.15) is 14.0 Å². The fourth-order valence-corrected chi connectivity index (χ4v) is 3.97. The van der Waals surface area contributed by atoms with Gasteiger partial charge in [0.2, 0.25) is 0 Å². The van der Waals surface area contributed by atoms with Crippen molar-refractivity contribution in [2.24, 2.45) is 5.41 Å². The van der Waals surface area contributed by atoms with Crippen LogP contribution in [0, 0.1) is 16.7 Å². The molecule has 0 aliphatic rings. The largest absolute Gasteiger partial charge is 0.435 e. The molecule has 1 heterocycles. The van der Waals surface area contributed by atoms with Crippen molar-refractivity contribution in [2.45, 2.75) is 47.3 Å². The van der Waals surface area contributed by atoms with Crippen LogP contribution in [0.2, 0.25) is 0 Å². The third-order valence-electron chi connectivity index (χ3n) is 4.42. The average Bonchev–Trinajstić information content (AvgIpc) is 3.01. The van der Waals surface area contributed by atoms with E-state index in [2.05, 4.69) is 4.74 Å². The summed E-state index contributed by atoms with van der Waals surface area (Å²) in [6.07, 6.45) is 2.14. The summed E-state index contributed by atoms with van der Waals surface area (Å²) < 4.78 is 36.4. The third-order valence-corrected chi connectivity index (χ3v) is 5.55. The maximum absolute atomic E-state index is 13.1. The molecule has 0 aliphatic carbocycles. The van der Waals surface area contributed by atoms with Crippen LogP contribution in [0.4, 0.5) is 8.78 Å². The molecule has 2 rings (SSSR count). The fraction of sp³-hybridized carbons (Fsp3) is 0.435. The number of carbonyl (C=O) groups is 1. The molecule has 0 unspecified atom stereocenters. The highest BCUT2D eigenvalue weighted by Gasteiger charge is 2.27. The van der Waals surface area contributed by atoms with Gasteiger partial charge in [-0.3, -0.25) is 14.2 Å². The highest BCUT2D eigenvalue weighted by molar-refractivity contribution is 7.07. The number of halogens is 2. The summed E-state index contributed by atoms with van der Waals surface area (Å²) in [6, 6.07) is 7.83. The Kier molecular flexibility index (Phi) is 8.87. The van der Waals surface area contributed by atoms with E-state index >= 15 is 0 Å². The lowest BCUT2D eigenvalue weighted by Crippen LogP contribution is -2.34. The Morgan fingerprint density at radius 2 is 1.94 bits per heavy atom. The van der Waals surface area contributed by atoms with E-state index in [1.54, 1.807) is 39.0 Å². The minimum absolute atomic E-state index is 0.00762. The predicted molar refractivity (Wildman–Crippen MR) is 119 cm³/mol. The average molecular weight is 465 g/mol. The van der Waals surface area contributed by atoms with E-state index in [1.165, 1.54) is 16.7 Å². The molecule has 0 radical (unpaired) electrons. The number of Topliss-reactive ketones (excluding diaryl/α,β-unsaturated/α-hetero) is 1. The first kappa shape index (κ1) is 25.4. The SMILES string of the molecule is CCOCCCn1c(=O)/c(=C/c2ccc(OC(F)F)cc2)s/c1=C(\C#N)C(=O)C(C)(C)C. The van der Waals surface area contributed by atoms with Gasteiger partial charge < -0.3 is 9.47 Å². The van der Waals surface area contributed by atoms with E-state index in [0.29, 0.717) is 40.9 Å². The molecule has 0 spiro atoms. The molecule has 2 aromatic rings. The Balaban J connectivity index is 2.62. The van der Waals surface area contributed by atoms with Gasteiger partial charge >= 0.3 is 6.61 Å².